The molecule has 0 aromatic heterocycles. The Morgan fingerprint density at radius 2 is 2.00 bits per heavy atom. The van der Waals surface area contributed by atoms with Gasteiger partial charge in [0, 0.05) is 12.1 Å². The van der Waals surface area contributed by atoms with Crippen molar-refractivity contribution < 1.29 is 14.7 Å². The van der Waals surface area contributed by atoms with Crippen LogP contribution in [0.2, 0.25) is 0 Å². The van der Waals surface area contributed by atoms with Crippen LogP contribution in [0.15, 0.2) is 35.5 Å². The summed E-state index contributed by atoms with van der Waals surface area (Å²) in [5, 5.41) is 14.2. The average Bonchev–Trinajstić information content (AvgIpc) is 2.34. The first-order valence-corrected chi connectivity index (χ1v) is 6.32. The zero-order valence-electron chi connectivity index (χ0n) is 12.0. The molecule has 1 aromatic carbocycles. The van der Waals surface area contributed by atoms with Gasteiger partial charge in [-0.3, -0.25) is 0 Å². The number of nitrogens with zero attached hydrogens (tertiary/aromatic N) is 1. The largest absolute Gasteiger partial charge is 0.444 e. The van der Waals surface area contributed by atoms with Crippen molar-refractivity contribution in [3.05, 3.63) is 41.5 Å². The highest BCUT2D eigenvalue weighted by atomic mass is 16.6. The highest BCUT2D eigenvalue weighted by molar-refractivity contribution is 5.85. The highest BCUT2D eigenvalue weighted by Gasteiger charge is 2.14. The van der Waals surface area contributed by atoms with Gasteiger partial charge < -0.3 is 15.3 Å². The Morgan fingerprint density at radius 3 is 2.60 bits per heavy atom. The Balaban J connectivity index is 2.52. The lowest BCUT2D eigenvalue weighted by atomic mass is 10.1. The smallest absolute Gasteiger partial charge is 0.407 e. The Kier molecular flexibility index (Phi) is 5.77. The highest BCUT2D eigenvalue weighted by Crippen LogP contribution is 2.08. The molecule has 108 valence electrons. The van der Waals surface area contributed by atoms with Gasteiger partial charge in [0.2, 0.25) is 0 Å². The van der Waals surface area contributed by atoms with Gasteiger partial charge in [-0.05, 0) is 26.3 Å². The molecule has 0 saturated heterocycles. The van der Waals surface area contributed by atoms with E-state index in [2.05, 4.69) is 10.5 Å². The van der Waals surface area contributed by atoms with Gasteiger partial charge in [-0.2, -0.15) is 0 Å². The molecule has 1 amide bonds. The number of carbonyl (C=O) groups excluding carboxylic acids is 1. The van der Waals surface area contributed by atoms with Gasteiger partial charge >= 0.3 is 6.09 Å². The van der Waals surface area contributed by atoms with Gasteiger partial charge in [0.15, 0.2) is 0 Å². The molecule has 1 rings (SSSR count). The van der Waals surface area contributed by atoms with Crippen LogP contribution in [0.25, 0.3) is 6.08 Å². The monoisotopic (exact) mass is 276 g/mol. The minimum Gasteiger partial charge on any atom is -0.444 e. The maximum absolute atomic E-state index is 11.4. The third-order valence-corrected chi connectivity index (χ3v) is 2.25. The summed E-state index contributed by atoms with van der Waals surface area (Å²) in [6.07, 6.45) is 4.55. The van der Waals surface area contributed by atoms with Gasteiger partial charge in [0.25, 0.3) is 0 Å². The molecular formula is C15H20N2O3. The maximum Gasteiger partial charge on any atom is 0.407 e. The number of alkyl carbamates (subject to hydrolysis) is 1. The molecule has 0 radical (unpaired) electrons. The second-order valence-corrected chi connectivity index (χ2v) is 5.16. The van der Waals surface area contributed by atoms with E-state index in [1.165, 1.54) is 6.21 Å². The summed E-state index contributed by atoms with van der Waals surface area (Å²) in [4.78, 5) is 11.4. The van der Waals surface area contributed by atoms with Crippen molar-refractivity contribution in [2.45, 2.75) is 26.4 Å². The van der Waals surface area contributed by atoms with Crippen LogP contribution in [0.1, 0.15) is 31.9 Å². The normalized spacial score (nSPS) is 11.9. The summed E-state index contributed by atoms with van der Waals surface area (Å²) in [5.74, 6) is 0. The predicted molar refractivity (Wildman–Crippen MR) is 79.1 cm³/mol. The molecule has 0 saturated carbocycles. The van der Waals surface area contributed by atoms with Gasteiger partial charge in [0.1, 0.15) is 5.60 Å². The van der Waals surface area contributed by atoms with Crippen LogP contribution in [0.4, 0.5) is 4.79 Å². The number of oxime groups is 1. The SMILES string of the molecule is CC(C)(C)OC(=O)NCC=Cc1ccccc1C=NO. The molecule has 0 spiro atoms. The maximum atomic E-state index is 11.4. The molecule has 0 atom stereocenters. The van der Waals surface area contributed by atoms with E-state index in [9.17, 15) is 4.79 Å². The Morgan fingerprint density at radius 1 is 1.35 bits per heavy atom. The number of hydrogen-bond donors (Lipinski definition) is 2. The first-order chi connectivity index (χ1) is 9.42. The van der Waals surface area contributed by atoms with Crippen molar-refractivity contribution in [2.75, 3.05) is 6.54 Å². The Hall–Kier alpha value is -2.30. The van der Waals surface area contributed by atoms with E-state index >= 15 is 0 Å². The van der Waals surface area contributed by atoms with Crippen LogP contribution >= 0.6 is 0 Å². The first kappa shape index (κ1) is 15.8. The number of carbonyl (C=O) groups is 1. The molecule has 2 N–H and O–H groups in total. The summed E-state index contributed by atoms with van der Waals surface area (Å²) in [7, 11) is 0. The standard InChI is InChI=1S/C15H20N2O3/c1-15(2,3)20-14(18)16-10-6-9-12-7-4-5-8-13(12)11-17-19/h4-9,11,19H,10H2,1-3H3,(H,16,18). The summed E-state index contributed by atoms with van der Waals surface area (Å²) >= 11 is 0. The van der Waals surface area contributed by atoms with E-state index in [-0.39, 0.29) is 0 Å². The van der Waals surface area contributed by atoms with E-state index < -0.39 is 11.7 Å². The molecular weight excluding hydrogens is 256 g/mol. The summed E-state index contributed by atoms with van der Waals surface area (Å²) in [6.45, 7) is 5.80. The molecule has 0 aliphatic carbocycles. The van der Waals surface area contributed by atoms with Gasteiger partial charge in [-0.25, -0.2) is 4.79 Å². The first-order valence-electron chi connectivity index (χ1n) is 6.32. The number of ether oxygens (including phenoxy) is 1. The second kappa shape index (κ2) is 7.33. The minimum absolute atomic E-state index is 0.361. The molecule has 5 heteroatoms. The second-order valence-electron chi connectivity index (χ2n) is 5.16. The topological polar surface area (TPSA) is 70.9 Å². The zero-order chi connectivity index (χ0) is 15.0. The van der Waals surface area contributed by atoms with Crippen LogP contribution in [-0.4, -0.2) is 29.7 Å². The van der Waals surface area contributed by atoms with Crippen molar-refractivity contribution in [1.82, 2.24) is 5.32 Å². The summed E-state index contributed by atoms with van der Waals surface area (Å²) in [5.41, 5.74) is 1.19. The van der Waals surface area contributed by atoms with E-state index in [0.717, 1.165) is 11.1 Å². The van der Waals surface area contributed by atoms with Crippen LogP contribution in [0, 0.1) is 0 Å². The van der Waals surface area contributed by atoms with Gasteiger partial charge in [-0.1, -0.05) is 41.6 Å². The van der Waals surface area contributed by atoms with Crippen molar-refractivity contribution >= 4 is 18.4 Å². The lowest BCUT2D eigenvalue weighted by molar-refractivity contribution is 0.0534. The van der Waals surface area contributed by atoms with Crippen LogP contribution in [-0.2, 0) is 4.74 Å². The predicted octanol–water partition coefficient (Wildman–Crippen LogP) is 3.03. The molecule has 0 unspecified atom stereocenters. The van der Waals surface area contributed by atoms with E-state index in [1.807, 2.05) is 51.1 Å². The zero-order valence-corrected chi connectivity index (χ0v) is 12.0. The molecule has 5 nitrogen and oxygen atoms in total. The third-order valence-electron chi connectivity index (χ3n) is 2.25. The molecule has 20 heavy (non-hydrogen) atoms. The molecule has 0 heterocycles. The Labute approximate surface area is 118 Å². The molecule has 0 aliphatic rings. The van der Waals surface area contributed by atoms with Crippen molar-refractivity contribution in [1.29, 1.82) is 0 Å². The average molecular weight is 276 g/mol. The van der Waals surface area contributed by atoms with Crippen molar-refractivity contribution in [3.63, 3.8) is 0 Å². The minimum atomic E-state index is -0.502. The number of rotatable bonds is 4. The van der Waals surface area contributed by atoms with Crippen molar-refractivity contribution in [3.8, 4) is 0 Å². The molecule has 0 fully saturated rings. The fourth-order valence-electron chi connectivity index (χ4n) is 1.48. The molecule has 0 aliphatic heterocycles. The number of benzene rings is 1. The third kappa shape index (κ3) is 6.04. The van der Waals surface area contributed by atoms with E-state index in [4.69, 9.17) is 9.94 Å². The summed E-state index contributed by atoms with van der Waals surface area (Å²) < 4.78 is 5.11. The van der Waals surface area contributed by atoms with E-state index in [0.29, 0.717) is 6.54 Å². The fourth-order valence-corrected chi connectivity index (χ4v) is 1.48. The van der Waals surface area contributed by atoms with Gasteiger partial charge in [0.05, 0.1) is 6.21 Å². The fraction of sp³-hybridized carbons (Fsp3) is 0.333. The number of amides is 1. The quantitative estimate of drug-likeness (QED) is 0.504. The number of hydrogen-bond acceptors (Lipinski definition) is 4. The molecule has 0 bridgehead atoms. The van der Waals surface area contributed by atoms with Gasteiger partial charge in [-0.15, -0.1) is 0 Å². The van der Waals surface area contributed by atoms with E-state index in [1.54, 1.807) is 6.08 Å². The number of nitrogens with one attached hydrogen (secondary N) is 1. The summed E-state index contributed by atoms with van der Waals surface area (Å²) in [6, 6.07) is 7.46. The lowest BCUT2D eigenvalue weighted by Crippen LogP contribution is -2.32. The Bertz CT molecular complexity index is 502. The van der Waals surface area contributed by atoms with Crippen LogP contribution in [0.3, 0.4) is 0 Å². The lowest BCUT2D eigenvalue weighted by Gasteiger charge is -2.19. The van der Waals surface area contributed by atoms with Crippen LogP contribution < -0.4 is 5.32 Å². The molecule has 1 aromatic rings. The van der Waals surface area contributed by atoms with Crippen molar-refractivity contribution in [2.24, 2.45) is 5.16 Å². The van der Waals surface area contributed by atoms with Crippen LogP contribution in [0.5, 0.6) is 0 Å².